The molecule has 2 unspecified atom stereocenters. The van der Waals surface area contributed by atoms with Crippen LogP contribution in [0.1, 0.15) is 24.1 Å². The number of hydrogen-bond donors (Lipinski definition) is 1. The number of halogens is 2. The van der Waals surface area contributed by atoms with E-state index in [1.807, 2.05) is 6.92 Å². The zero-order valence-corrected chi connectivity index (χ0v) is 13.9. The van der Waals surface area contributed by atoms with E-state index in [2.05, 4.69) is 20.7 Å². The van der Waals surface area contributed by atoms with Crippen molar-refractivity contribution in [1.82, 2.24) is 4.72 Å². The maximum Gasteiger partial charge on any atom is 0.241 e. The molecule has 102 valence electrons. The summed E-state index contributed by atoms with van der Waals surface area (Å²) in [6.45, 7) is 2.24. The number of hydrogen-bond acceptors (Lipinski definition) is 3. The van der Waals surface area contributed by atoms with Crippen LogP contribution in [0, 0.1) is 12.8 Å². The summed E-state index contributed by atoms with van der Waals surface area (Å²) in [6, 6.07) is 1.65. The first kappa shape index (κ1) is 14.8. The Kier molecular flexibility index (Phi) is 4.75. The maximum atomic E-state index is 12.2. The fourth-order valence-corrected chi connectivity index (χ4v) is 6.09. The van der Waals surface area contributed by atoms with Crippen LogP contribution in [0.15, 0.2) is 14.7 Å². The highest BCUT2D eigenvalue weighted by Crippen LogP contribution is 2.31. The Labute approximate surface area is 125 Å². The van der Waals surface area contributed by atoms with Crippen LogP contribution in [-0.4, -0.2) is 20.3 Å². The van der Waals surface area contributed by atoms with Gasteiger partial charge in [-0.2, -0.15) is 0 Å². The molecule has 2 atom stereocenters. The van der Waals surface area contributed by atoms with E-state index < -0.39 is 10.0 Å². The van der Waals surface area contributed by atoms with Crippen molar-refractivity contribution in [3.05, 3.63) is 14.7 Å². The standard InChI is InChI=1S/C11H15BrClNO2S2/c1-7-10(5-11(12)17-7)18(15,16)14-6-8-3-2-4-9(8)13/h5,8-9,14H,2-4,6H2,1H3. The Morgan fingerprint density at radius 1 is 1.56 bits per heavy atom. The van der Waals surface area contributed by atoms with Crippen LogP contribution >= 0.6 is 38.9 Å². The molecule has 1 N–H and O–H groups in total. The van der Waals surface area contributed by atoms with Crippen molar-refractivity contribution in [3.63, 3.8) is 0 Å². The number of thiophene rings is 1. The second-order valence-electron chi connectivity index (χ2n) is 4.53. The molecular formula is C11H15BrClNO2S2. The highest BCUT2D eigenvalue weighted by molar-refractivity contribution is 9.11. The summed E-state index contributed by atoms with van der Waals surface area (Å²) in [7, 11) is -3.41. The van der Waals surface area contributed by atoms with Gasteiger partial charge in [-0.3, -0.25) is 0 Å². The minimum atomic E-state index is -3.41. The second-order valence-corrected chi connectivity index (χ2v) is 9.46. The fraction of sp³-hybridized carbons (Fsp3) is 0.636. The smallest absolute Gasteiger partial charge is 0.211 e. The lowest BCUT2D eigenvalue weighted by Gasteiger charge is -2.14. The van der Waals surface area contributed by atoms with Gasteiger partial charge in [0.25, 0.3) is 0 Å². The molecule has 0 aromatic carbocycles. The molecule has 2 rings (SSSR count). The molecule has 7 heteroatoms. The lowest BCUT2D eigenvalue weighted by Crippen LogP contribution is -2.31. The van der Waals surface area contributed by atoms with Gasteiger partial charge in [0.2, 0.25) is 10.0 Å². The molecule has 1 aromatic rings. The fourth-order valence-electron chi connectivity index (χ4n) is 2.21. The molecule has 0 saturated heterocycles. The third-order valence-electron chi connectivity index (χ3n) is 3.23. The molecule has 1 aliphatic rings. The SMILES string of the molecule is Cc1sc(Br)cc1S(=O)(=O)NCC1CCCC1Cl. The maximum absolute atomic E-state index is 12.2. The summed E-state index contributed by atoms with van der Waals surface area (Å²) < 4.78 is 27.8. The molecule has 1 saturated carbocycles. The van der Waals surface area contributed by atoms with Gasteiger partial charge in [0.1, 0.15) is 0 Å². The monoisotopic (exact) mass is 371 g/mol. The third kappa shape index (κ3) is 3.28. The van der Waals surface area contributed by atoms with Crippen LogP contribution < -0.4 is 4.72 Å². The van der Waals surface area contributed by atoms with Gasteiger partial charge in [0.05, 0.1) is 8.68 Å². The summed E-state index contributed by atoms with van der Waals surface area (Å²) in [4.78, 5) is 1.16. The lowest BCUT2D eigenvalue weighted by molar-refractivity contribution is 0.523. The Bertz CT molecular complexity index is 529. The van der Waals surface area contributed by atoms with E-state index in [0.717, 1.165) is 27.9 Å². The van der Waals surface area contributed by atoms with E-state index >= 15 is 0 Å². The van der Waals surface area contributed by atoms with E-state index in [9.17, 15) is 8.42 Å². The average molecular weight is 373 g/mol. The second kappa shape index (κ2) is 5.79. The Morgan fingerprint density at radius 2 is 2.28 bits per heavy atom. The highest BCUT2D eigenvalue weighted by atomic mass is 79.9. The summed E-state index contributed by atoms with van der Waals surface area (Å²) in [5.41, 5.74) is 0. The molecule has 0 spiro atoms. The van der Waals surface area contributed by atoms with Crippen molar-refractivity contribution >= 4 is 48.9 Å². The van der Waals surface area contributed by atoms with Crippen LogP contribution in [-0.2, 0) is 10.0 Å². The van der Waals surface area contributed by atoms with Crippen LogP contribution in [0.3, 0.4) is 0 Å². The van der Waals surface area contributed by atoms with E-state index in [4.69, 9.17) is 11.6 Å². The molecular weight excluding hydrogens is 358 g/mol. The van der Waals surface area contributed by atoms with Gasteiger partial charge >= 0.3 is 0 Å². The normalized spacial score (nSPS) is 24.6. The largest absolute Gasteiger partial charge is 0.241 e. The first-order valence-corrected chi connectivity index (χ1v) is 9.33. The third-order valence-corrected chi connectivity index (χ3v) is 7.04. The van der Waals surface area contributed by atoms with Crippen molar-refractivity contribution < 1.29 is 8.42 Å². The molecule has 3 nitrogen and oxygen atoms in total. The van der Waals surface area contributed by atoms with Crippen LogP contribution in [0.5, 0.6) is 0 Å². The van der Waals surface area contributed by atoms with Crippen molar-refractivity contribution in [3.8, 4) is 0 Å². The van der Waals surface area contributed by atoms with Gasteiger partial charge < -0.3 is 0 Å². The molecule has 0 aliphatic heterocycles. The minimum Gasteiger partial charge on any atom is -0.211 e. The number of nitrogens with one attached hydrogen (secondary N) is 1. The first-order valence-electron chi connectivity index (χ1n) is 5.80. The van der Waals surface area contributed by atoms with Crippen LogP contribution in [0.25, 0.3) is 0 Å². The van der Waals surface area contributed by atoms with Gasteiger partial charge in [0.15, 0.2) is 0 Å². The van der Waals surface area contributed by atoms with Crippen LogP contribution in [0.2, 0.25) is 0 Å². The number of sulfonamides is 1. The Balaban J connectivity index is 2.06. The summed E-state index contributed by atoms with van der Waals surface area (Å²) in [5, 5.41) is 0.100. The number of aryl methyl sites for hydroxylation is 1. The molecule has 18 heavy (non-hydrogen) atoms. The topological polar surface area (TPSA) is 46.2 Å². The van der Waals surface area contributed by atoms with Crippen molar-refractivity contribution in [1.29, 1.82) is 0 Å². The van der Waals surface area contributed by atoms with Gasteiger partial charge in [-0.25, -0.2) is 13.1 Å². The Hall–Kier alpha value is 0.380. The quantitative estimate of drug-likeness (QED) is 0.822. The van der Waals surface area contributed by atoms with Gasteiger partial charge in [0, 0.05) is 16.8 Å². The average Bonchev–Trinajstić information content (AvgIpc) is 2.82. The minimum absolute atomic E-state index is 0.100. The van der Waals surface area contributed by atoms with Gasteiger partial charge in [-0.15, -0.1) is 22.9 Å². The predicted molar refractivity (Wildman–Crippen MR) is 78.9 cm³/mol. The van der Waals surface area contributed by atoms with Crippen molar-refractivity contribution in [2.24, 2.45) is 5.92 Å². The zero-order chi connectivity index (χ0) is 13.3. The van der Waals surface area contributed by atoms with E-state index in [1.54, 1.807) is 6.07 Å². The van der Waals surface area contributed by atoms with E-state index in [-0.39, 0.29) is 11.3 Å². The molecule has 0 radical (unpaired) electrons. The summed E-state index contributed by atoms with van der Waals surface area (Å²) in [6.07, 6.45) is 3.07. The lowest BCUT2D eigenvalue weighted by atomic mass is 10.1. The number of rotatable bonds is 4. The summed E-state index contributed by atoms with van der Waals surface area (Å²) >= 11 is 10.9. The predicted octanol–water partition coefficient (Wildman–Crippen LogP) is 3.50. The van der Waals surface area contributed by atoms with Crippen molar-refractivity contribution in [2.45, 2.75) is 36.5 Å². The van der Waals surface area contributed by atoms with E-state index in [1.165, 1.54) is 11.3 Å². The molecule has 1 aliphatic carbocycles. The van der Waals surface area contributed by atoms with Gasteiger partial charge in [-0.05, 0) is 47.7 Å². The van der Waals surface area contributed by atoms with E-state index in [0.29, 0.717) is 11.4 Å². The molecule has 1 fully saturated rings. The first-order chi connectivity index (χ1) is 8.40. The highest BCUT2D eigenvalue weighted by Gasteiger charge is 2.27. The number of alkyl halides is 1. The molecule has 0 amide bonds. The Morgan fingerprint density at radius 3 is 2.78 bits per heavy atom. The zero-order valence-electron chi connectivity index (χ0n) is 9.95. The van der Waals surface area contributed by atoms with Crippen molar-refractivity contribution in [2.75, 3.05) is 6.54 Å². The molecule has 1 heterocycles. The molecule has 1 aromatic heterocycles. The summed E-state index contributed by atoms with van der Waals surface area (Å²) in [5.74, 6) is 0.254. The molecule has 0 bridgehead atoms. The van der Waals surface area contributed by atoms with Gasteiger partial charge in [-0.1, -0.05) is 6.42 Å². The van der Waals surface area contributed by atoms with Crippen LogP contribution in [0.4, 0.5) is 0 Å².